The van der Waals surface area contributed by atoms with Gasteiger partial charge in [0.25, 0.3) is 5.91 Å². The Morgan fingerprint density at radius 3 is 2.27 bits per heavy atom. The summed E-state index contributed by atoms with van der Waals surface area (Å²) in [5.74, 6) is -6.78. The Hall–Kier alpha value is -5.09. The summed E-state index contributed by atoms with van der Waals surface area (Å²) >= 11 is 0. The fraction of sp³-hybridized carbons (Fsp3) is 0.475. The Labute approximate surface area is 318 Å². The van der Waals surface area contributed by atoms with Crippen molar-refractivity contribution in [3.63, 3.8) is 0 Å². The van der Waals surface area contributed by atoms with Gasteiger partial charge in [0.1, 0.15) is 23.2 Å². The van der Waals surface area contributed by atoms with E-state index in [9.17, 15) is 44.4 Å². The fourth-order valence-electron chi connectivity index (χ4n) is 6.98. The summed E-state index contributed by atoms with van der Waals surface area (Å²) in [5.41, 5.74) is 0.454. The van der Waals surface area contributed by atoms with Gasteiger partial charge in [0.15, 0.2) is 23.6 Å². The molecule has 298 valence electrons. The van der Waals surface area contributed by atoms with Crippen LogP contribution in [0.1, 0.15) is 76.9 Å². The number of carbonyl (C=O) groups excluding carboxylic acids is 5. The third kappa shape index (κ3) is 8.44. The third-order valence-electron chi connectivity index (χ3n) is 10.1. The number of fused-ring (bicyclic) bond motifs is 3. The van der Waals surface area contributed by atoms with Gasteiger partial charge < -0.3 is 49.4 Å². The number of rotatable bonds is 11. The summed E-state index contributed by atoms with van der Waals surface area (Å²) in [5, 5.41) is 46.5. The molecule has 0 saturated carbocycles. The first-order valence-corrected chi connectivity index (χ1v) is 17.7. The molecule has 1 aromatic rings. The standard InChI is InChI=1S/C40H49NO14/c1-16(30(44)21(6)37-28(40(50)51-10)32(46)23(8)39(49)55-37)12-11-13-17(2)38(48)41-29-20(5)36(54-24(9)43)25-26(33(29)47)31(45)22(7)35-27(25)34(52-15-53-35)18(3)14-19(4)42/h11-14,16,21,23,28,30,32,37,39,44,46-47,49H,15H2,1-10H3,(H,41,48)/b12-11+,17-13-,18-14-/t16-,21-,23+,28-,30-,32-,37-,39-/m1/s1. The molecular weight excluding hydrogens is 718 g/mol. The largest absolute Gasteiger partial charge is 0.505 e. The molecule has 0 spiro atoms. The number of amides is 1. The van der Waals surface area contributed by atoms with Crippen LogP contribution in [0.3, 0.4) is 0 Å². The number of methoxy groups -OCH3 is 1. The maximum atomic E-state index is 13.8. The summed E-state index contributed by atoms with van der Waals surface area (Å²) in [6.07, 6.45) is 1.10. The molecule has 8 atom stereocenters. The van der Waals surface area contributed by atoms with Gasteiger partial charge in [0.2, 0.25) is 6.79 Å². The minimum Gasteiger partial charge on any atom is -0.505 e. The highest BCUT2D eigenvalue weighted by Gasteiger charge is 2.50. The number of ether oxygens (including phenoxy) is 5. The highest BCUT2D eigenvalue weighted by Crippen LogP contribution is 2.52. The number of hydrogen-bond donors (Lipinski definition) is 5. The van der Waals surface area contributed by atoms with Gasteiger partial charge in [-0.25, -0.2) is 0 Å². The molecule has 15 heteroatoms. The second-order valence-electron chi connectivity index (χ2n) is 14.1. The summed E-state index contributed by atoms with van der Waals surface area (Å²) in [6.45, 7) is 13.2. The molecule has 15 nitrogen and oxygen atoms in total. The van der Waals surface area contributed by atoms with Crippen molar-refractivity contribution >= 4 is 40.7 Å². The van der Waals surface area contributed by atoms with E-state index in [-0.39, 0.29) is 68.9 Å². The molecule has 1 amide bonds. The van der Waals surface area contributed by atoms with Crippen molar-refractivity contribution < 1.29 is 68.1 Å². The van der Waals surface area contributed by atoms with E-state index in [4.69, 9.17) is 23.7 Å². The maximum absolute atomic E-state index is 13.8. The number of benzene rings is 1. The average Bonchev–Trinajstić information content (AvgIpc) is 3.13. The number of Topliss-reactive ketones (excluding diaryl/α,β-unsaturated/α-hetero) is 1. The molecule has 0 radical (unpaired) electrons. The van der Waals surface area contributed by atoms with Crippen LogP contribution in [0.4, 0.5) is 5.69 Å². The first kappa shape index (κ1) is 42.6. The Balaban J connectivity index is 1.66. The molecular formula is C40H49NO14. The zero-order valence-electron chi connectivity index (χ0n) is 32.5. The van der Waals surface area contributed by atoms with Gasteiger partial charge >= 0.3 is 11.9 Å². The summed E-state index contributed by atoms with van der Waals surface area (Å²) in [7, 11) is 1.17. The molecule has 4 rings (SSSR count). The highest BCUT2D eigenvalue weighted by atomic mass is 16.7. The Morgan fingerprint density at radius 2 is 1.67 bits per heavy atom. The number of anilines is 1. The van der Waals surface area contributed by atoms with Crippen LogP contribution in [0.5, 0.6) is 11.5 Å². The average molecular weight is 768 g/mol. The van der Waals surface area contributed by atoms with E-state index in [0.717, 1.165) is 6.92 Å². The number of allylic oxidation sites excluding steroid dienone is 6. The number of esters is 2. The SMILES string of the molecule is COC(=O)[C@@H]1[C@H](O)[C@H](C)[C@H](O)O[C@@H]1[C@H](C)[C@H](O)[C@H](C)/C=C/C=C(/C)C(=O)Nc1c(C)c(OC(C)=O)c2c(c1O)C(=O)C(C)=C1OCOC(/C(C)=C\C(C)=O)=C12. The van der Waals surface area contributed by atoms with Crippen molar-refractivity contribution in [2.45, 2.75) is 86.9 Å². The van der Waals surface area contributed by atoms with Gasteiger partial charge in [-0.2, -0.15) is 0 Å². The molecule has 5 N–H and O–H groups in total. The van der Waals surface area contributed by atoms with Gasteiger partial charge in [0.05, 0.1) is 42.2 Å². The number of aliphatic hydroxyl groups excluding tert-OH is 3. The maximum Gasteiger partial charge on any atom is 0.313 e. The van der Waals surface area contributed by atoms with Crippen LogP contribution in [-0.4, -0.2) is 88.3 Å². The van der Waals surface area contributed by atoms with Crippen LogP contribution in [-0.2, 0) is 38.1 Å². The smallest absolute Gasteiger partial charge is 0.313 e. The number of carbonyl (C=O) groups is 5. The number of ketones is 2. The molecule has 1 saturated heterocycles. The van der Waals surface area contributed by atoms with E-state index in [2.05, 4.69) is 5.32 Å². The minimum atomic E-state index is -1.37. The minimum absolute atomic E-state index is 0.00756. The van der Waals surface area contributed by atoms with Gasteiger partial charge in [0, 0.05) is 47.0 Å². The van der Waals surface area contributed by atoms with Crippen LogP contribution >= 0.6 is 0 Å². The van der Waals surface area contributed by atoms with Crippen molar-refractivity contribution in [1.82, 2.24) is 0 Å². The molecule has 1 aliphatic carbocycles. The molecule has 1 fully saturated rings. The second-order valence-corrected chi connectivity index (χ2v) is 14.1. The molecule has 3 aliphatic rings. The van der Waals surface area contributed by atoms with E-state index in [0.29, 0.717) is 5.57 Å². The van der Waals surface area contributed by atoms with E-state index in [1.165, 1.54) is 60.0 Å². The monoisotopic (exact) mass is 767 g/mol. The molecule has 2 aliphatic heterocycles. The number of hydrogen-bond acceptors (Lipinski definition) is 14. The fourth-order valence-corrected chi connectivity index (χ4v) is 6.98. The molecule has 0 aromatic heterocycles. The van der Waals surface area contributed by atoms with Crippen LogP contribution in [0.25, 0.3) is 5.57 Å². The Kier molecular flexibility index (Phi) is 13.3. The van der Waals surface area contributed by atoms with Gasteiger partial charge in [-0.15, -0.1) is 0 Å². The molecule has 0 bridgehead atoms. The van der Waals surface area contributed by atoms with Crippen molar-refractivity contribution in [2.75, 3.05) is 19.2 Å². The van der Waals surface area contributed by atoms with Crippen molar-refractivity contribution in [2.24, 2.45) is 23.7 Å². The lowest BCUT2D eigenvalue weighted by molar-refractivity contribution is -0.262. The topological polar surface area (TPSA) is 224 Å². The van der Waals surface area contributed by atoms with Crippen molar-refractivity contribution in [3.8, 4) is 11.5 Å². The van der Waals surface area contributed by atoms with Crippen LogP contribution in [0.15, 0.2) is 52.5 Å². The lowest BCUT2D eigenvalue weighted by Gasteiger charge is -2.44. The van der Waals surface area contributed by atoms with Crippen LogP contribution in [0, 0.1) is 30.6 Å². The number of aliphatic hydroxyl groups is 3. The third-order valence-corrected chi connectivity index (χ3v) is 10.1. The molecule has 55 heavy (non-hydrogen) atoms. The van der Waals surface area contributed by atoms with E-state index in [1.807, 2.05) is 0 Å². The summed E-state index contributed by atoms with van der Waals surface area (Å²) in [4.78, 5) is 64.2. The first-order chi connectivity index (χ1) is 25.7. The second kappa shape index (κ2) is 17.1. The number of phenols is 1. The van der Waals surface area contributed by atoms with E-state index in [1.54, 1.807) is 26.8 Å². The van der Waals surface area contributed by atoms with Gasteiger partial charge in [-0.05, 0) is 46.3 Å². The normalized spacial score (nSPS) is 24.6. The van der Waals surface area contributed by atoms with Crippen molar-refractivity contribution in [1.29, 1.82) is 0 Å². The van der Waals surface area contributed by atoms with Crippen molar-refractivity contribution in [3.05, 3.63) is 69.2 Å². The highest BCUT2D eigenvalue weighted by molar-refractivity contribution is 6.21. The summed E-state index contributed by atoms with van der Waals surface area (Å²) < 4.78 is 27.6. The molecule has 1 aromatic carbocycles. The van der Waals surface area contributed by atoms with Gasteiger partial charge in [-0.3, -0.25) is 24.0 Å². The predicted molar refractivity (Wildman–Crippen MR) is 197 cm³/mol. The number of nitrogens with one attached hydrogen (secondary N) is 1. The first-order valence-electron chi connectivity index (χ1n) is 17.7. The zero-order chi connectivity index (χ0) is 41.2. The lowest BCUT2D eigenvalue weighted by Crippen LogP contribution is -2.57. The molecule has 0 unspecified atom stereocenters. The summed E-state index contributed by atoms with van der Waals surface area (Å²) in [6, 6.07) is 0. The number of phenolic OH excluding ortho intramolecular Hbond substituents is 1. The van der Waals surface area contributed by atoms with Gasteiger partial charge in [-0.1, -0.05) is 39.0 Å². The van der Waals surface area contributed by atoms with Crippen LogP contribution < -0.4 is 10.1 Å². The van der Waals surface area contributed by atoms with Crippen LogP contribution in [0.2, 0.25) is 0 Å². The van der Waals surface area contributed by atoms with E-state index < -0.39 is 77.7 Å². The Bertz CT molecular complexity index is 1930. The zero-order valence-corrected chi connectivity index (χ0v) is 32.5. The lowest BCUT2D eigenvalue weighted by atomic mass is 9.76. The van der Waals surface area contributed by atoms with E-state index >= 15 is 0 Å². The number of aromatic hydroxyl groups is 1. The quantitative estimate of drug-likeness (QED) is 0.0708. The predicted octanol–water partition coefficient (Wildman–Crippen LogP) is 3.92. The Morgan fingerprint density at radius 1 is 1.02 bits per heavy atom. The molecule has 2 heterocycles.